The van der Waals surface area contributed by atoms with E-state index < -0.39 is 0 Å². The number of nitrogens with zero attached hydrogens (tertiary/aromatic N) is 1. The van der Waals surface area contributed by atoms with E-state index in [4.69, 9.17) is 0 Å². The number of hydrogen-bond acceptors (Lipinski definition) is 2. The van der Waals surface area contributed by atoms with Crippen molar-refractivity contribution in [1.82, 2.24) is 4.90 Å². The highest BCUT2D eigenvalue weighted by Crippen LogP contribution is 2.16. The average Bonchev–Trinajstić information content (AvgIpc) is 2.30. The van der Waals surface area contributed by atoms with Crippen LogP contribution in [-0.2, 0) is 9.59 Å². The van der Waals surface area contributed by atoms with Crippen LogP contribution in [0.3, 0.4) is 0 Å². The van der Waals surface area contributed by atoms with E-state index >= 15 is 0 Å². The minimum atomic E-state index is 0.155. The highest BCUT2D eigenvalue weighted by Gasteiger charge is 2.27. The molecule has 1 atom stereocenters. The van der Waals surface area contributed by atoms with Crippen LogP contribution < -0.4 is 0 Å². The Balaban J connectivity index is 2.34. The number of hydrogen-bond donors (Lipinski definition) is 0. The first-order chi connectivity index (χ1) is 5.61. The van der Waals surface area contributed by atoms with Gasteiger partial charge in [0.05, 0.1) is 0 Å². The van der Waals surface area contributed by atoms with Crippen LogP contribution in [0.2, 0.25) is 0 Å². The van der Waals surface area contributed by atoms with E-state index in [0.29, 0.717) is 13.0 Å². The van der Waals surface area contributed by atoms with Crippen LogP contribution in [0.4, 0.5) is 0 Å². The Morgan fingerprint density at radius 1 is 1.67 bits per heavy atom. The highest BCUT2D eigenvalue weighted by atomic mass is 16.2. The molecule has 0 bridgehead atoms. The third-order valence-electron chi connectivity index (χ3n) is 2.30. The molecule has 3 heteroatoms. The summed E-state index contributed by atoms with van der Waals surface area (Å²) in [4.78, 5) is 23.8. The summed E-state index contributed by atoms with van der Waals surface area (Å²) in [5.41, 5.74) is 0. The number of ketones is 1. The maximum Gasteiger partial charge on any atom is 0.225 e. The predicted molar refractivity (Wildman–Crippen MR) is 45.7 cm³/mol. The van der Waals surface area contributed by atoms with Crippen molar-refractivity contribution in [3.8, 4) is 0 Å². The second-order valence-corrected chi connectivity index (χ2v) is 3.47. The minimum Gasteiger partial charge on any atom is -0.342 e. The smallest absolute Gasteiger partial charge is 0.225 e. The predicted octanol–water partition coefficient (Wildman–Crippen LogP) is 0.834. The molecule has 1 heterocycles. The lowest BCUT2D eigenvalue weighted by molar-refractivity contribution is -0.130. The molecule has 1 saturated heterocycles. The molecule has 0 saturated carbocycles. The van der Waals surface area contributed by atoms with Crippen molar-refractivity contribution in [1.29, 1.82) is 0 Å². The summed E-state index contributed by atoms with van der Waals surface area (Å²) >= 11 is 0. The van der Waals surface area contributed by atoms with Crippen molar-refractivity contribution in [2.45, 2.75) is 26.7 Å². The van der Waals surface area contributed by atoms with E-state index in [0.717, 1.165) is 13.0 Å². The molecule has 0 aromatic heterocycles. The SMILES string of the molecule is CC(=O)CCN1CCC(C)C1=O. The van der Waals surface area contributed by atoms with Crippen molar-refractivity contribution >= 4 is 11.7 Å². The summed E-state index contributed by atoms with van der Waals surface area (Å²) in [6, 6.07) is 0. The Morgan fingerprint density at radius 2 is 2.33 bits per heavy atom. The Labute approximate surface area is 72.7 Å². The molecule has 1 amide bonds. The van der Waals surface area contributed by atoms with Crippen molar-refractivity contribution in [3.05, 3.63) is 0 Å². The molecule has 1 aliphatic heterocycles. The van der Waals surface area contributed by atoms with Crippen LogP contribution in [-0.4, -0.2) is 29.7 Å². The van der Waals surface area contributed by atoms with Crippen LogP contribution in [0, 0.1) is 5.92 Å². The lowest BCUT2D eigenvalue weighted by Gasteiger charge is -2.14. The topological polar surface area (TPSA) is 37.4 Å². The maximum absolute atomic E-state index is 11.3. The zero-order chi connectivity index (χ0) is 9.14. The Hall–Kier alpha value is -0.860. The van der Waals surface area contributed by atoms with Gasteiger partial charge < -0.3 is 4.90 Å². The molecule has 0 aromatic carbocycles. The number of likely N-dealkylation sites (tertiary alicyclic amines) is 1. The van der Waals surface area contributed by atoms with E-state index in [9.17, 15) is 9.59 Å². The van der Waals surface area contributed by atoms with Gasteiger partial charge in [0, 0.05) is 25.4 Å². The summed E-state index contributed by atoms with van der Waals surface area (Å²) in [7, 11) is 0. The first kappa shape index (κ1) is 9.23. The number of carbonyl (C=O) groups excluding carboxylic acids is 2. The van der Waals surface area contributed by atoms with Gasteiger partial charge in [0.25, 0.3) is 0 Å². The van der Waals surface area contributed by atoms with Gasteiger partial charge in [0.1, 0.15) is 5.78 Å². The van der Waals surface area contributed by atoms with Crippen LogP contribution in [0.1, 0.15) is 26.7 Å². The number of carbonyl (C=O) groups is 2. The molecule has 12 heavy (non-hydrogen) atoms. The largest absolute Gasteiger partial charge is 0.342 e. The third-order valence-corrected chi connectivity index (χ3v) is 2.30. The molecule has 0 aromatic rings. The van der Waals surface area contributed by atoms with Gasteiger partial charge in [-0.3, -0.25) is 9.59 Å². The van der Waals surface area contributed by atoms with Crippen LogP contribution >= 0.6 is 0 Å². The van der Waals surface area contributed by atoms with E-state index in [1.807, 2.05) is 6.92 Å². The Bertz CT molecular complexity index is 201. The molecule has 1 rings (SSSR count). The summed E-state index contributed by atoms with van der Waals surface area (Å²) < 4.78 is 0. The van der Waals surface area contributed by atoms with Crippen molar-refractivity contribution < 1.29 is 9.59 Å². The summed E-state index contributed by atoms with van der Waals surface area (Å²) in [6.07, 6.45) is 1.44. The lowest BCUT2D eigenvalue weighted by Crippen LogP contribution is -2.28. The highest BCUT2D eigenvalue weighted by molar-refractivity contribution is 5.81. The molecule has 0 spiro atoms. The molecule has 1 fully saturated rings. The van der Waals surface area contributed by atoms with Crippen LogP contribution in [0.15, 0.2) is 0 Å². The molecule has 0 aliphatic carbocycles. The molecule has 1 unspecified atom stereocenters. The fraction of sp³-hybridized carbons (Fsp3) is 0.778. The van der Waals surface area contributed by atoms with Gasteiger partial charge in [-0.05, 0) is 13.3 Å². The lowest BCUT2D eigenvalue weighted by atomic mass is 10.1. The van der Waals surface area contributed by atoms with E-state index in [1.165, 1.54) is 0 Å². The first-order valence-corrected chi connectivity index (χ1v) is 4.39. The Morgan fingerprint density at radius 3 is 2.75 bits per heavy atom. The second-order valence-electron chi connectivity index (χ2n) is 3.47. The zero-order valence-electron chi connectivity index (χ0n) is 7.67. The fourth-order valence-corrected chi connectivity index (χ4v) is 1.41. The van der Waals surface area contributed by atoms with Gasteiger partial charge in [-0.25, -0.2) is 0 Å². The van der Waals surface area contributed by atoms with E-state index in [2.05, 4.69) is 0 Å². The first-order valence-electron chi connectivity index (χ1n) is 4.39. The van der Waals surface area contributed by atoms with Gasteiger partial charge >= 0.3 is 0 Å². The molecule has 68 valence electrons. The molecular formula is C9H15NO2. The van der Waals surface area contributed by atoms with E-state index in [-0.39, 0.29) is 17.6 Å². The van der Waals surface area contributed by atoms with Gasteiger partial charge in [0.2, 0.25) is 5.91 Å². The molecule has 3 nitrogen and oxygen atoms in total. The van der Waals surface area contributed by atoms with Crippen molar-refractivity contribution in [2.75, 3.05) is 13.1 Å². The minimum absolute atomic E-state index is 0.155. The number of amides is 1. The normalized spacial score (nSPS) is 23.3. The number of rotatable bonds is 3. The van der Waals surface area contributed by atoms with Crippen LogP contribution in [0.5, 0.6) is 0 Å². The second kappa shape index (κ2) is 3.70. The molecular weight excluding hydrogens is 154 g/mol. The average molecular weight is 169 g/mol. The Kier molecular flexibility index (Phi) is 2.84. The monoisotopic (exact) mass is 169 g/mol. The number of Topliss-reactive ketones (excluding diaryl/α,β-unsaturated/α-hetero) is 1. The standard InChI is InChI=1S/C9H15NO2/c1-7-3-5-10(9(7)12)6-4-8(2)11/h7H,3-6H2,1-2H3. The quantitative estimate of drug-likeness (QED) is 0.627. The summed E-state index contributed by atoms with van der Waals surface area (Å²) in [5, 5.41) is 0. The van der Waals surface area contributed by atoms with Gasteiger partial charge in [-0.2, -0.15) is 0 Å². The summed E-state index contributed by atoms with van der Waals surface area (Å²) in [5.74, 6) is 0.524. The molecule has 1 aliphatic rings. The zero-order valence-corrected chi connectivity index (χ0v) is 7.67. The van der Waals surface area contributed by atoms with Crippen molar-refractivity contribution in [3.63, 3.8) is 0 Å². The summed E-state index contributed by atoms with van der Waals surface area (Å²) in [6.45, 7) is 4.94. The van der Waals surface area contributed by atoms with Crippen molar-refractivity contribution in [2.24, 2.45) is 5.92 Å². The fourth-order valence-electron chi connectivity index (χ4n) is 1.41. The van der Waals surface area contributed by atoms with Crippen LogP contribution in [0.25, 0.3) is 0 Å². The van der Waals surface area contributed by atoms with E-state index in [1.54, 1.807) is 11.8 Å². The van der Waals surface area contributed by atoms with Gasteiger partial charge in [-0.15, -0.1) is 0 Å². The molecule has 0 N–H and O–H groups in total. The van der Waals surface area contributed by atoms with Gasteiger partial charge in [-0.1, -0.05) is 6.92 Å². The third kappa shape index (κ3) is 2.06. The van der Waals surface area contributed by atoms with Gasteiger partial charge in [0.15, 0.2) is 0 Å². The maximum atomic E-state index is 11.3. The molecule has 0 radical (unpaired) electrons.